The molecule has 0 spiro atoms. The van der Waals surface area contributed by atoms with E-state index in [9.17, 15) is 10.1 Å². The zero-order valence-electron chi connectivity index (χ0n) is 16.2. The molecule has 1 atom stereocenters. The van der Waals surface area contributed by atoms with E-state index in [1.165, 1.54) is 10.4 Å². The topological polar surface area (TPSA) is 87.9 Å². The summed E-state index contributed by atoms with van der Waals surface area (Å²) < 4.78 is 2.50. The summed E-state index contributed by atoms with van der Waals surface area (Å²) in [5.41, 5.74) is 9.80. The average molecular weight is 406 g/mol. The summed E-state index contributed by atoms with van der Waals surface area (Å²) in [7, 11) is 0. The fourth-order valence-electron chi connectivity index (χ4n) is 4.54. The quantitative estimate of drug-likeness (QED) is 0.724. The smallest absolute Gasteiger partial charge is 0.273 e. The Hall–Kier alpha value is -2.69. The van der Waals surface area contributed by atoms with E-state index >= 15 is 0 Å². The van der Waals surface area contributed by atoms with Gasteiger partial charge in [-0.1, -0.05) is 18.2 Å². The molecule has 1 aliphatic heterocycles. The lowest BCUT2D eigenvalue weighted by Gasteiger charge is -2.33. The van der Waals surface area contributed by atoms with Gasteiger partial charge in [0, 0.05) is 24.0 Å². The van der Waals surface area contributed by atoms with Gasteiger partial charge in [0.25, 0.3) is 5.56 Å². The Morgan fingerprint density at radius 1 is 1.28 bits per heavy atom. The highest BCUT2D eigenvalue weighted by molar-refractivity contribution is 7.19. The molecule has 0 amide bonds. The number of nitrogens with zero attached hydrogens (tertiary/aromatic N) is 4. The van der Waals surface area contributed by atoms with Crippen LogP contribution in [0.5, 0.6) is 0 Å². The number of nitrogens with two attached hydrogens (primary N) is 1. The van der Waals surface area contributed by atoms with E-state index in [0.29, 0.717) is 24.6 Å². The molecule has 1 saturated heterocycles. The molecule has 1 fully saturated rings. The van der Waals surface area contributed by atoms with Gasteiger partial charge < -0.3 is 10.6 Å². The fraction of sp³-hybridized carbons (Fsp3) is 0.409. The summed E-state index contributed by atoms with van der Waals surface area (Å²) in [6.07, 6.45) is 5.17. The van der Waals surface area contributed by atoms with E-state index in [2.05, 4.69) is 11.0 Å². The van der Waals surface area contributed by atoms with Crippen molar-refractivity contribution < 1.29 is 0 Å². The summed E-state index contributed by atoms with van der Waals surface area (Å²) in [4.78, 5) is 22.1. The molecule has 2 N–H and O–H groups in total. The number of aromatic nitrogens is 2. The predicted octanol–water partition coefficient (Wildman–Crippen LogP) is 2.79. The van der Waals surface area contributed by atoms with Crippen LogP contribution in [0.2, 0.25) is 0 Å². The molecule has 7 heteroatoms. The zero-order chi connectivity index (χ0) is 20.0. The third-order valence-corrected chi connectivity index (χ3v) is 7.26. The molecule has 3 heterocycles. The normalized spacial score (nSPS) is 18.8. The maximum atomic E-state index is 13.6. The Labute approximate surface area is 173 Å². The van der Waals surface area contributed by atoms with E-state index in [4.69, 9.17) is 10.7 Å². The molecule has 5 rings (SSSR count). The Morgan fingerprint density at radius 3 is 2.97 bits per heavy atom. The first-order chi connectivity index (χ1) is 14.2. The van der Waals surface area contributed by atoms with E-state index in [1.807, 2.05) is 18.2 Å². The second-order valence-corrected chi connectivity index (χ2v) is 9.06. The summed E-state index contributed by atoms with van der Waals surface area (Å²) in [5.74, 6) is 0.692. The molecule has 0 saturated carbocycles. The Bertz CT molecular complexity index is 1190. The second-order valence-electron chi connectivity index (χ2n) is 7.96. The van der Waals surface area contributed by atoms with Crippen molar-refractivity contribution in [2.45, 2.75) is 44.7 Å². The standard InChI is InChI=1S/C22H23N5OS/c23-11-14-5-1-2-6-15(14)12-27-21(28)20-19(17-8-3-9-18(17)29-20)25-22(27)26-10-4-7-16(24)13-26/h1-2,5-6,16H,3-4,7-10,12-13,24H2/t16-/m1/s1. The minimum Gasteiger partial charge on any atom is -0.341 e. The zero-order valence-corrected chi connectivity index (χ0v) is 17.0. The Kier molecular flexibility index (Phi) is 4.61. The lowest BCUT2D eigenvalue weighted by atomic mass is 10.1. The highest BCUT2D eigenvalue weighted by Crippen LogP contribution is 2.36. The number of hydrogen-bond donors (Lipinski definition) is 1. The molecular formula is C22H23N5OS. The van der Waals surface area contributed by atoms with Gasteiger partial charge in [-0.25, -0.2) is 4.98 Å². The largest absolute Gasteiger partial charge is 0.341 e. The number of aryl methyl sites for hydroxylation is 2. The third-order valence-electron chi connectivity index (χ3n) is 5.99. The fourth-order valence-corrected chi connectivity index (χ4v) is 5.82. The van der Waals surface area contributed by atoms with Crippen molar-refractivity contribution in [1.29, 1.82) is 5.26 Å². The van der Waals surface area contributed by atoms with Crippen LogP contribution in [0, 0.1) is 11.3 Å². The van der Waals surface area contributed by atoms with Crippen molar-refractivity contribution in [3.05, 3.63) is 56.2 Å². The van der Waals surface area contributed by atoms with Crippen LogP contribution in [0.15, 0.2) is 29.1 Å². The van der Waals surface area contributed by atoms with E-state index in [1.54, 1.807) is 22.0 Å². The number of thiophene rings is 1. The van der Waals surface area contributed by atoms with Crippen molar-refractivity contribution in [3.63, 3.8) is 0 Å². The van der Waals surface area contributed by atoms with Crippen LogP contribution in [-0.2, 0) is 19.4 Å². The highest BCUT2D eigenvalue weighted by atomic mass is 32.1. The monoisotopic (exact) mass is 405 g/mol. The van der Waals surface area contributed by atoms with Gasteiger partial charge in [0.05, 0.1) is 23.7 Å². The summed E-state index contributed by atoms with van der Waals surface area (Å²) in [6, 6.07) is 9.79. The minimum absolute atomic E-state index is 0.00344. The molecule has 6 nitrogen and oxygen atoms in total. The van der Waals surface area contributed by atoms with E-state index < -0.39 is 0 Å². The molecule has 1 aliphatic carbocycles. The number of rotatable bonds is 3. The van der Waals surface area contributed by atoms with Crippen molar-refractivity contribution in [1.82, 2.24) is 9.55 Å². The van der Waals surface area contributed by atoms with Crippen molar-refractivity contribution >= 4 is 27.5 Å². The van der Waals surface area contributed by atoms with Gasteiger partial charge in [0.1, 0.15) is 4.70 Å². The maximum absolute atomic E-state index is 13.6. The molecule has 0 unspecified atom stereocenters. The van der Waals surface area contributed by atoms with Crippen molar-refractivity contribution in [2.24, 2.45) is 5.73 Å². The molecular weight excluding hydrogens is 382 g/mol. The Morgan fingerprint density at radius 2 is 2.14 bits per heavy atom. The first-order valence-corrected chi connectivity index (χ1v) is 11.0. The van der Waals surface area contributed by atoms with Crippen LogP contribution in [0.4, 0.5) is 5.95 Å². The van der Waals surface area contributed by atoms with E-state index in [-0.39, 0.29) is 11.6 Å². The molecule has 3 aromatic rings. The SMILES string of the molecule is N#Cc1ccccc1Cn1c(N2CCC[C@@H](N)C2)nc2c3c(sc2c1=O)CCC3. The van der Waals surface area contributed by atoms with Crippen LogP contribution in [0.3, 0.4) is 0 Å². The van der Waals surface area contributed by atoms with Crippen LogP contribution in [0.25, 0.3) is 10.2 Å². The summed E-state index contributed by atoms with van der Waals surface area (Å²) in [6.45, 7) is 1.89. The van der Waals surface area contributed by atoms with Crippen LogP contribution in [-0.4, -0.2) is 28.7 Å². The van der Waals surface area contributed by atoms with Gasteiger partial charge in [-0.05, 0) is 49.3 Å². The Balaban J connectivity index is 1.70. The predicted molar refractivity (Wildman–Crippen MR) is 116 cm³/mol. The van der Waals surface area contributed by atoms with Gasteiger partial charge in [0.2, 0.25) is 5.95 Å². The minimum atomic E-state index is -0.00344. The van der Waals surface area contributed by atoms with Gasteiger partial charge in [-0.15, -0.1) is 11.3 Å². The van der Waals surface area contributed by atoms with Gasteiger partial charge in [-0.3, -0.25) is 9.36 Å². The number of benzene rings is 1. The van der Waals surface area contributed by atoms with Crippen molar-refractivity contribution in [3.8, 4) is 6.07 Å². The molecule has 29 heavy (non-hydrogen) atoms. The van der Waals surface area contributed by atoms with E-state index in [0.717, 1.165) is 54.4 Å². The van der Waals surface area contributed by atoms with Gasteiger partial charge in [0.15, 0.2) is 0 Å². The number of piperidine rings is 1. The summed E-state index contributed by atoms with van der Waals surface area (Å²) >= 11 is 1.60. The second kappa shape index (κ2) is 7.29. The third kappa shape index (κ3) is 3.13. The molecule has 0 radical (unpaired) electrons. The number of nitriles is 1. The maximum Gasteiger partial charge on any atom is 0.273 e. The number of hydrogen-bond acceptors (Lipinski definition) is 6. The number of anilines is 1. The lowest BCUT2D eigenvalue weighted by molar-refractivity contribution is 0.492. The molecule has 2 aromatic heterocycles. The van der Waals surface area contributed by atoms with Crippen LogP contribution >= 0.6 is 11.3 Å². The molecule has 148 valence electrons. The lowest BCUT2D eigenvalue weighted by Crippen LogP contribution is -2.45. The average Bonchev–Trinajstić information content (AvgIpc) is 3.32. The first-order valence-electron chi connectivity index (χ1n) is 10.2. The first kappa shape index (κ1) is 18.3. The van der Waals surface area contributed by atoms with Gasteiger partial charge >= 0.3 is 0 Å². The summed E-state index contributed by atoms with van der Waals surface area (Å²) in [5, 5.41) is 9.49. The molecule has 2 aliphatic rings. The number of fused-ring (bicyclic) bond motifs is 3. The van der Waals surface area contributed by atoms with Crippen LogP contribution in [0.1, 0.15) is 40.8 Å². The molecule has 1 aromatic carbocycles. The van der Waals surface area contributed by atoms with Crippen LogP contribution < -0.4 is 16.2 Å². The molecule has 0 bridgehead atoms. The van der Waals surface area contributed by atoms with Crippen molar-refractivity contribution in [2.75, 3.05) is 18.0 Å². The highest BCUT2D eigenvalue weighted by Gasteiger charge is 2.27. The van der Waals surface area contributed by atoms with Gasteiger partial charge in [-0.2, -0.15) is 5.26 Å².